The molecule has 0 aromatic carbocycles. The fourth-order valence-electron chi connectivity index (χ4n) is 2.70. The lowest BCUT2D eigenvalue weighted by Gasteiger charge is -2.29. The Kier molecular flexibility index (Phi) is 3.37. The van der Waals surface area contributed by atoms with Crippen molar-refractivity contribution in [1.29, 1.82) is 0 Å². The van der Waals surface area contributed by atoms with Crippen molar-refractivity contribution in [3.05, 3.63) is 54.5 Å². The molecule has 3 heterocycles. The van der Waals surface area contributed by atoms with Gasteiger partial charge in [0.15, 0.2) is 17.2 Å². The summed E-state index contributed by atoms with van der Waals surface area (Å²) in [4.78, 5) is 17.4. The molecule has 0 saturated carbocycles. The molecule has 0 aliphatic carbocycles. The molecule has 1 atom stereocenters. The molecule has 4 heteroatoms. The summed E-state index contributed by atoms with van der Waals surface area (Å²) in [7, 11) is 0. The molecule has 0 bridgehead atoms. The normalized spacial score (nSPS) is 20.8. The first-order valence-electron chi connectivity index (χ1n) is 7.19. The monoisotopic (exact) mass is 282 g/mol. The van der Waals surface area contributed by atoms with Crippen molar-refractivity contribution in [3.8, 4) is 11.6 Å². The molecule has 0 saturated heterocycles. The number of allylic oxidation sites excluding steroid dienone is 1. The van der Waals surface area contributed by atoms with Gasteiger partial charge in [0, 0.05) is 18.8 Å². The minimum absolute atomic E-state index is 0.00565. The first-order valence-corrected chi connectivity index (χ1v) is 7.19. The Morgan fingerprint density at radius 3 is 3.00 bits per heavy atom. The molecular weight excluding hydrogens is 264 g/mol. The molecule has 3 rings (SSSR count). The van der Waals surface area contributed by atoms with E-state index in [0.717, 1.165) is 0 Å². The fraction of sp³-hybridized carbons (Fsp3) is 0.294. The largest absolute Gasteiger partial charge is 0.475 e. The SMILES string of the molecule is C/C=C/CC1(CC)Oc2cccnc2-n2cccc2C1=O. The molecule has 0 N–H and O–H groups in total. The van der Waals surface area contributed by atoms with Gasteiger partial charge in [-0.05, 0) is 37.6 Å². The van der Waals surface area contributed by atoms with Gasteiger partial charge in [-0.25, -0.2) is 4.98 Å². The number of carbonyl (C=O) groups is 1. The molecular formula is C17H18N2O2. The molecule has 2 aromatic rings. The first kappa shape index (κ1) is 13.6. The lowest BCUT2D eigenvalue weighted by molar-refractivity contribution is 0.0449. The molecule has 2 aromatic heterocycles. The van der Waals surface area contributed by atoms with E-state index in [2.05, 4.69) is 4.98 Å². The van der Waals surface area contributed by atoms with Crippen LogP contribution >= 0.6 is 0 Å². The number of nitrogens with zero attached hydrogens (tertiary/aromatic N) is 2. The van der Waals surface area contributed by atoms with Gasteiger partial charge in [0.25, 0.3) is 0 Å². The van der Waals surface area contributed by atoms with Crippen LogP contribution in [0.3, 0.4) is 0 Å². The standard InChI is InChI=1S/C17H18N2O2/c1-3-5-10-17(4-2)15(20)13-8-7-12-19(13)16-14(21-17)9-6-11-18-16/h3,5-9,11-12H,4,10H2,1-2H3/b5-3+. The molecule has 1 aliphatic heterocycles. The van der Waals surface area contributed by atoms with E-state index in [1.165, 1.54) is 0 Å². The van der Waals surface area contributed by atoms with Crippen LogP contribution in [0.2, 0.25) is 0 Å². The second-order valence-electron chi connectivity index (χ2n) is 5.14. The number of ketones is 1. The Hall–Kier alpha value is -2.36. The minimum atomic E-state index is -0.864. The predicted molar refractivity (Wildman–Crippen MR) is 81.0 cm³/mol. The highest BCUT2D eigenvalue weighted by Gasteiger charge is 2.42. The van der Waals surface area contributed by atoms with Crippen molar-refractivity contribution in [2.45, 2.75) is 32.3 Å². The first-order chi connectivity index (χ1) is 10.2. The highest BCUT2D eigenvalue weighted by atomic mass is 16.5. The Labute approximate surface area is 124 Å². The van der Waals surface area contributed by atoms with Crippen LogP contribution in [-0.2, 0) is 0 Å². The summed E-state index contributed by atoms with van der Waals surface area (Å²) >= 11 is 0. The maximum Gasteiger partial charge on any atom is 0.223 e. The number of ether oxygens (including phenoxy) is 1. The van der Waals surface area contributed by atoms with Gasteiger partial charge < -0.3 is 4.74 Å². The van der Waals surface area contributed by atoms with Crippen molar-refractivity contribution >= 4 is 5.78 Å². The molecule has 0 radical (unpaired) electrons. The van der Waals surface area contributed by atoms with E-state index in [9.17, 15) is 4.79 Å². The Morgan fingerprint density at radius 2 is 2.24 bits per heavy atom. The predicted octanol–water partition coefficient (Wildman–Crippen LogP) is 3.56. The molecule has 0 amide bonds. The molecule has 108 valence electrons. The number of fused-ring (bicyclic) bond motifs is 3. The summed E-state index contributed by atoms with van der Waals surface area (Å²) in [6, 6.07) is 7.39. The summed E-state index contributed by atoms with van der Waals surface area (Å²) < 4.78 is 7.98. The van der Waals surface area contributed by atoms with Crippen LogP contribution in [0.5, 0.6) is 5.75 Å². The van der Waals surface area contributed by atoms with Gasteiger partial charge in [0.1, 0.15) is 0 Å². The summed E-state index contributed by atoms with van der Waals surface area (Å²) in [6.07, 6.45) is 8.65. The Bertz CT molecular complexity index is 702. The quantitative estimate of drug-likeness (QED) is 0.808. The summed E-state index contributed by atoms with van der Waals surface area (Å²) in [5.41, 5.74) is -0.240. The van der Waals surface area contributed by atoms with Crippen LogP contribution in [0.4, 0.5) is 0 Å². The van der Waals surface area contributed by atoms with Crippen LogP contribution in [-0.4, -0.2) is 20.9 Å². The second-order valence-corrected chi connectivity index (χ2v) is 5.14. The van der Waals surface area contributed by atoms with Gasteiger partial charge in [-0.1, -0.05) is 19.1 Å². The topological polar surface area (TPSA) is 44.1 Å². The van der Waals surface area contributed by atoms with Gasteiger partial charge in [0.05, 0.1) is 5.69 Å². The van der Waals surface area contributed by atoms with E-state index in [1.807, 2.05) is 61.0 Å². The van der Waals surface area contributed by atoms with E-state index >= 15 is 0 Å². The maximum atomic E-state index is 13.0. The zero-order chi connectivity index (χ0) is 14.9. The van der Waals surface area contributed by atoms with Gasteiger partial charge >= 0.3 is 0 Å². The maximum absolute atomic E-state index is 13.0. The molecule has 1 aliphatic rings. The third-order valence-corrected chi connectivity index (χ3v) is 3.93. The second kappa shape index (κ2) is 5.20. The third-order valence-electron chi connectivity index (χ3n) is 3.93. The molecule has 4 nitrogen and oxygen atoms in total. The number of aromatic nitrogens is 2. The average Bonchev–Trinajstić information content (AvgIpc) is 2.97. The Morgan fingerprint density at radius 1 is 1.38 bits per heavy atom. The van der Waals surface area contributed by atoms with Crippen LogP contribution in [0.1, 0.15) is 37.2 Å². The minimum Gasteiger partial charge on any atom is -0.475 e. The van der Waals surface area contributed by atoms with Gasteiger partial charge in [-0.3, -0.25) is 9.36 Å². The third kappa shape index (κ3) is 2.07. The van der Waals surface area contributed by atoms with E-state index in [0.29, 0.717) is 30.1 Å². The number of hydrogen-bond acceptors (Lipinski definition) is 3. The van der Waals surface area contributed by atoms with Crippen molar-refractivity contribution < 1.29 is 9.53 Å². The number of Topliss-reactive ketones (excluding diaryl/α,β-unsaturated/α-hetero) is 1. The Balaban J connectivity index is 2.22. The van der Waals surface area contributed by atoms with Crippen molar-refractivity contribution in [1.82, 2.24) is 9.55 Å². The number of pyridine rings is 1. The lowest BCUT2D eigenvalue weighted by atomic mass is 9.89. The van der Waals surface area contributed by atoms with E-state index in [4.69, 9.17) is 4.74 Å². The lowest BCUT2D eigenvalue weighted by Crippen LogP contribution is -2.43. The van der Waals surface area contributed by atoms with E-state index in [1.54, 1.807) is 6.20 Å². The van der Waals surface area contributed by atoms with Gasteiger partial charge in [0.2, 0.25) is 5.78 Å². The summed E-state index contributed by atoms with van der Waals surface area (Å²) in [5, 5.41) is 0. The number of hydrogen-bond donors (Lipinski definition) is 0. The van der Waals surface area contributed by atoms with Gasteiger partial charge in [-0.2, -0.15) is 0 Å². The highest BCUT2D eigenvalue weighted by Crippen LogP contribution is 2.36. The van der Waals surface area contributed by atoms with Crippen molar-refractivity contribution in [2.24, 2.45) is 0 Å². The van der Waals surface area contributed by atoms with Crippen LogP contribution in [0.25, 0.3) is 5.82 Å². The fourth-order valence-corrected chi connectivity index (χ4v) is 2.70. The number of carbonyl (C=O) groups excluding carboxylic acids is 1. The zero-order valence-electron chi connectivity index (χ0n) is 12.2. The number of rotatable bonds is 3. The van der Waals surface area contributed by atoms with Crippen LogP contribution < -0.4 is 4.74 Å². The van der Waals surface area contributed by atoms with Crippen molar-refractivity contribution in [2.75, 3.05) is 0 Å². The highest BCUT2D eigenvalue weighted by molar-refractivity contribution is 6.02. The van der Waals surface area contributed by atoms with Crippen LogP contribution in [0.15, 0.2) is 48.8 Å². The van der Waals surface area contributed by atoms with Gasteiger partial charge in [-0.15, -0.1) is 0 Å². The smallest absolute Gasteiger partial charge is 0.223 e. The van der Waals surface area contributed by atoms with Crippen molar-refractivity contribution in [3.63, 3.8) is 0 Å². The van der Waals surface area contributed by atoms with Crippen LogP contribution in [0, 0.1) is 0 Å². The average molecular weight is 282 g/mol. The summed E-state index contributed by atoms with van der Waals surface area (Å²) in [6.45, 7) is 3.93. The van der Waals surface area contributed by atoms with E-state index in [-0.39, 0.29) is 5.78 Å². The molecule has 21 heavy (non-hydrogen) atoms. The van der Waals surface area contributed by atoms with E-state index < -0.39 is 5.60 Å². The zero-order valence-corrected chi connectivity index (χ0v) is 12.2. The molecule has 0 fully saturated rings. The summed E-state index contributed by atoms with van der Waals surface area (Å²) in [5.74, 6) is 1.32. The molecule has 1 unspecified atom stereocenters. The molecule has 0 spiro atoms.